The summed E-state index contributed by atoms with van der Waals surface area (Å²) in [5.41, 5.74) is 0. The van der Waals surface area contributed by atoms with Crippen LogP contribution in [0.4, 0.5) is 0 Å². The average Bonchev–Trinajstić information content (AvgIpc) is 2.45. The van der Waals surface area contributed by atoms with Crippen molar-refractivity contribution in [2.24, 2.45) is 0 Å². The Bertz CT molecular complexity index is 322. The van der Waals surface area contributed by atoms with Gasteiger partial charge in [-0.25, -0.2) is 8.42 Å². The van der Waals surface area contributed by atoms with Gasteiger partial charge in [-0.15, -0.1) is 0 Å². The molecule has 5 nitrogen and oxygen atoms in total. The predicted molar refractivity (Wildman–Crippen MR) is 87.5 cm³/mol. The standard InChI is InChI=1S/C16H34O5S.Na/c1-2-3-4-5-6-7-8-11-14-20-15-12-9-10-13-16-21-22(17,18)19;/h2-16H2,1H3,(H,17,18,19);/q;+1/p-1. The Morgan fingerprint density at radius 3 is 1.52 bits per heavy atom. The molecule has 0 fully saturated rings. The van der Waals surface area contributed by atoms with E-state index in [-0.39, 0.29) is 36.2 Å². The van der Waals surface area contributed by atoms with E-state index in [0.29, 0.717) is 6.42 Å². The molecule has 0 heterocycles. The molecule has 0 aromatic rings. The Balaban J connectivity index is 0. The Labute approximate surface area is 165 Å². The summed E-state index contributed by atoms with van der Waals surface area (Å²) in [6.45, 7) is 3.83. The number of rotatable bonds is 17. The van der Waals surface area contributed by atoms with E-state index in [2.05, 4.69) is 11.1 Å². The fourth-order valence-electron chi connectivity index (χ4n) is 2.26. The van der Waals surface area contributed by atoms with Gasteiger partial charge in [0.1, 0.15) is 0 Å². The van der Waals surface area contributed by atoms with Crippen LogP contribution >= 0.6 is 0 Å². The summed E-state index contributed by atoms with van der Waals surface area (Å²) in [5.74, 6) is 0. The first-order chi connectivity index (χ1) is 10.6. The van der Waals surface area contributed by atoms with Gasteiger partial charge in [0.2, 0.25) is 10.4 Å². The zero-order valence-corrected chi connectivity index (χ0v) is 17.9. The van der Waals surface area contributed by atoms with E-state index in [1.807, 2.05) is 0 Å². The first-order valence-electron chi connectivity index (χ1n) is 8.74. The molecule has 0 aliphatic carbocycles. The van der Waals surface area contributed by atoms with Crippen molar-refractivity contribution in [2.45, 2.75) is 84.0 Å². The molecule has 7 heteroatoms. The largest absolute Gasteiger partial charge is 1.00 e. The van der Waals surface area contributed by atoms with Crippen LogP contribution in [-0.2, 0) is 19.3 Å². The topological polar surface area (TPSA) is 75.7 Å². The van der Waals surface area contributed by atoms with Gasteiger partial charge in [-0.3, -0.25) is 4.18 Å². The van der Waals surface area contributed by atoms with Crippen LogP contribution in [0.2, 0.25) is 0 Å². The van der Waals surface area contributed by atoms with E-state index in [9.17, 15) is 13.0 Å². The first-order valence-corrected chi connectivity index (χ1v) is 10.1. The molecular formula is C16H33NaO5S. The van der Waals surface area contributed by atoms with Gasteiger partial charge in [0.25, 0.3) is 0 Å². The molecule has 0 amide bonds. The van der Waals surface area contributed by atoms with Gasteiger partial charge in [-0.2, -0.15) is 0 Å². The van der Waals surface area contributed by atoms with E-state index >= 15 is 0 Å². The van der Waals surface area contributed by atoms with Gasteiger partial charge in [0.15, 0.2) is 0 Å². The number of hydrogen-bond donors (Lipinski definition) is 0. The third-order valence-corrected chi connectivity index (χ3v) is 4.01. The molecule has 0 aromatic carbocycles. The minimum atomic E-state index is -4.52. The van der Waals surface area contributed by atoms with Crippen LogP contribution in [0.5, 0.6) is 0 Å². The van der Waals surface area contributed by atoms with Crippen molar-refractivity contribution in [3.8, 4) is 0 Å². The number of ether oxygens (including phenoxy) is 1. The molecule has 0 radical (unpaired) electrons. The zero-order chi connectivity index (χ0) is 16.5. The first kappa shape index (κ1) is 26.1. The third kappa shape index (κ3) is 25.2. The maximum atomic E-state index is 10.2. The second kappa shape index (κ2) is 19.2. The zero-order valence-electron chi connectivity index (χ0n) is 15.1. The van der Waals surface area contributed by atoms with Gasteiger partial charge in [0, 0.05) is 13.2 Å². The van der Waals surface area contributed by atoms with Gasteiger partial charge < -0.3 is 9.29 Å². The summed E-state index contributed by atoms with van der Waals surface area (Å²) in [6.07, 6.45) is 13.9. The summed E-state index contributed by atoms with van der Waals surface area (Å²) in [7, 11) is -4.52. The van der Waals surface area contributed by atoms with Crippen molar-refractivity contribution in [1.29, 1.82) is 0 Å². The number of unbranched alkanes of at least 4 members (excludes halogenated alkanes) is 10. The van der Waals surface area contributed by atoms with E-state index in [0.717, 1.165) is 38.9 Å². The molecule has 0 aromatic heterocycles. The van der Waals surface area contributed by atoms with Crippen LogP contribution in [0, 0.1) is 0 Å². The smallest absolute Gasteiger partial charge is 0.726 e. The molecule has 0 saturated heterocycles. The van der Waals surface area contributed by atoms with E-state index in [4.69, 9.17) is 4.74 Å². The second-order valence-corrected chi connectivity index (χ2v) is 6.78. The molecule has 0 rings (SSSR count). The van der Waals surface area contributed by atoms with Crippen molar-refractivity contribution in [1.82, 2.24) is 0 Å². The summed E-state index contributed by atoms with van der Waals surface area (Å²) < 4.78 is 40.2. The van der Waals surface area contributed by atoms with Gasteiger partial charge in [0.05, 0.1) is 6.61 Å². The Morgan fingerprint density at radius 2 is 1.09 bits per heavy atom. The minimum absolute atomic E-state index is 0. The molecule has 0 aliphatic rings. The monoisotopic (exact) mass is 360 g/mol. The van der Waals surface area contributed by atoms with Crippen molar-refractivity contribution < 1.29 is 51.4 Å². The summed E-state index contributed by atoms with van der Waals surface area (Å²) in [5, 5.41) is 0. The fourth-order valence-corrected chi connectivity index (χ4v) is 2.58. The SMILES string of the molecule is CCCCCCCCCCOCCCCCCOS(=O)(=O)[O-].[Na+]. The third-order valence-electron chi connectivity index (χ3n) is 3.55. The predicted octanol–water partition coefficient (Wildman–Crippen LogP) is 1.18. The summed E-state index contributed by atoms with van der Waals surface area (Å²) >= 11 is 0. The molecule has 23 heavy (non-hydrogen) atoms. The summed E-state index contributed by atoms with van der Waals surface area (Å²) in [4.78, 5) is 0. The van der Waals surface area contributed by atoms with Gasteiger partial charge in [-0.1, -0.05) is 64.7 Å². The van der Waals surface area contributed by atoms with Crippen molar-refractivity contribution >= 4 is 10.4 Å². The van der Waals surface area contributed by atoms with Crippen LogP contribution in [0.25, 0.3) is 0 Å². The van der Waals surface area contributed by atoms with E-state index in [1.54, 1.807) is 0 Å². The van der Waals surface area contributed by atoms with Crippen molar-refractivity contribution in [3.05, 3.63) is 0 Å². The molecular weight excluding hydrogens is 327 g/mol. The van der Waals surface area contributed by atoms with Crippen LogP contribution in [-0.4, -0.2) is 32.8 Å². The number of hydrogen-bond acceptors (Lipinski definition) is 5. The molecule has 0 aliphatic heterocycles. The molecule has 0 bridgehead atoms. The van der Waals surface area contributed by atoms with E-state index < -0.39 is 10.4 Å². The quantitative estimate of drug-likeness (QED) is 0.169. The van der Waals surface area contributed by atoms with Crippen LogP contribution in [0.3, 0.4) is 0 Å². The fraction of sp³-hybridized carbons (Fsp3) is 1.00. The summed E-state index contributed by atoms with van der Waals surface area (Å²) in [6, 6.07) is 0. The molecule has 0 atom stereocenters. The van der Waals surface area contributed by atoms with Gasteiger partial charge >= 0.3 is 29.6 Å². The normalized spacial score (nSPS) is 11.4. The Hall–Kier alpha value is 0.830. The van der Waals surface area contributed by atoms with E-state index in [1.165, 1.54) is 44.9 Å². The molecule has 134 valence electrons. The minimum Gasteiger partial charge on any atom is -0.726 e. The molecule has 0 spiro atoms. The maximum absolute atomic E-state index is 10.2. The maximum Gasteiger partial charge on any atom is 1.00 e. The molecule has 0 saturated carbocycles. The van der Waals surface area contributed by atoms with Gasteiger partial charge in [-0.05, 0) is 19.3 Å². The Morgan fingerprint density at radius 1 is 0.696 bits per heavy atom. The Kier molecular flexibility index (Phi) is 21.7. The van der Waals surface area contributed by atoms with Crippen LogP contribution in [0.1, 0.15) is 84.0 Å². The van der Waals surface area contributed by atoms with Crippen LogP contribution in [0.15, 0.2) is 0 Å². The van der Waals surface area contributed by atoms with Crippen molar-refractivity contribution in [3.63, 3.8) is 0 Å². The second-order valence-electron chi connectivity index (χ2n) is 5.73. The molecule has 0 N–H and O–H groups in total. The average molecular weight is 360 g/mol. The molecule has 0 unspecified atom stereocenters. The van der Waals surface area contributed by atoms with Crippen LogP contribution < -0.4 is 29.6 Å². The van der Waals surface area contributed by atoms with Crippen molar-refractivity contribution in [2.75, 3.05) is 19.8 Å².